The number of nitrogens with zero attached hydrogens (tertiary/aromatic N) is 2. The van der Waals surface area contributed by atoms with E-state index < -0.39 is 0 Å². The van der Waals surface area contributed by atoms with Gasteiger partial charge in [0.1, 0.15) is 5.82 Å². The fraction of sp³-hybridized carbons (Fsp3) is 0.333. The van der Waals surface area contributed by atoms with Gasteiger partial charge in [-0.1, -0.05) is 29.6 Å². The van der Waals surface area contributed by atoms with Gasteiger partial charge >= 0.3 is 0 Å². The third-order valence-corrected chi connectivity index (χ3v) is 4.12. The van der Waals surface area contributed by atoms with Crippen LogP contribution in [0.25, 0.3) is 11.3 Å². The van der Waals surface area contributed by atoms with Gasteiger partial charge in [0.2, 0.25) is 0 Å². The van der Waals surface area contributed by atoms with Crippen LogP contribution in [0.1, 0.15) is 25.1 Å². The van der Waals surface area contributed by atoms with Gasteiger partial charge in [-0.3, -0.25) is 9.36 Å². The minimum Gasteiger partial charge on any atom is -0.297 e. The van der Waals surface area contributed by atoms with Crippen LogP contribution >= 0.6 is 23.2 Å². The molecule has 0 fully saturated rings. The fourth-order valence-electron chi connectivity index (χ4n) is 2.55. The predicted molar refractivity (Wildman–Crippen MR) is 81.5 cm³/mol. The molecule has 0 atom stereocenters. The van der Waals surface area contributed by atoms with Crippen LogP contribution in [0.15, 0.2) is 29.1 Å². The maximum absolute atomic E-state index is 12.2. The van der Waals surface area contributed by atoms with E-state index in [-0.39, 0.29) is 5.56 Å². The lowest BCUT2D eigenvalue weighted by atomic mass is 10.1. The highest BCUT2D eigenvalue weighted by molar-refractivity contribution is 6.36. The van der Waals surface area contributed by atoms with Crippen molar-refractivity contribution in [2.45, 2.75) is 32.2 Å². The highest BCUT2D eigenvalue weighted by Gasteiger charge is 2.14. The van der Waals surface area contributed by atoms with Crippen LogP contribution in [0.5, 0.6) is 0 Å². The van der Waals surface area contributed by atoms with Gasteiger partial charge < -0.3 is 0 Å². The Bertz CT molecular complexity index is 710. The number of hydrogen-bond donors (Lipinski definition) is 0. The summed E-state index contributed by atoms with van der Waals surface area (Å²) in [4.78, 5) is 16.9. The first-order valence-corrected chi connectivity index (χ1v) is 7.47. The molecule has 104 valence electrons. The van der Waals surface area contributed by atoms with Crippen molar-refractivity contribution in [2.75, 3.05) is 0 Å². The van der Waals surface area contributed by atoms with Gasteiger partial charge in [-0.25, -0.2) is 4.98 Å². The number of hydrogen-bond acceptors (Lipinski definition) is 2. The quantitative estimate of drug-likeness (QED) is 0.799. The zero-order chi connectivity index (χ0) is 14.1. The zero-order valence-corrected chi connectivity index (χ0v) is 12.4. The molecule has 5 heteroatoms. The van der Waals surface area contributed by atoms with Crippen molar-refractivity contribution in [3.05, 3.63) is 50.5 Å². The Balaban J connectivity index is 2.13. The summed E-state index contributed by atoms with van der Waals surface area (Å²) in [5.41, 5.74) is 1.38. The van der Waals surface area contributed by atoms with Crippen LogP contribution in [-0.2, 0) is 13.0 Å². The summed E-state index contributed by atoms with van der Waals surface area (Å²) in [6.45, 7) is 0.760. The van der Waals surface area contributed by atoms with Gasteiger partial charge in [-0.15, -0.1) is 0 Å². The lowest BCUT2D eigenvalue weighted by Gasteiger charge is -2.11. The van der Waals surface area contributed by atoms with Crippen molar-refractivity contribution in [3.8, 4) is 11.3 Å². The van der Waals surface area contributed by atoms with Crippen molar-refractivity contribution in [1.82, 2.24) is 9.55 Å². The van der Waals surface area contributed by atoms with Crippen LogP contribution in [0.2, 0.25) is 10.0 Å². The maximum Gasteiger partial charge on any atom is 0.254 e. The van der Waals surface area contributed by atoms with Gasteiger partial charge in [0.15, 0.2) is 0 Å². The molecule has 2 aromatic rings. The third kappa shape index (κ3) is 2.60. The van der Waals surface area contributed by atoms with Crippen molar-refractivity contribution in [3.63, 3.8) is 0 Å². The molecule has 0 saturated heterocycles. The summed E-state index contributed by atoms with van der Waals surface area (Å²) in [5, 5.41) is 1.09. The zero-order valence-electron chi connectivity index (χ0n) is 10.9. The molecule has 3 nitrogen and oxygen atoms in total. The minimum absolute atomic E-state index is 0.00193. The van der Waals surface area contributed by atoms with E-state index in [1.54, 1.807) is 28.8 Å². The lowest BCUT2D eigenvalue weighted by molar-refractivity contribution is 0.609. The van der Waals surface area contributed by atoms with Crippen LogP contribution in [0, 0.1) is 0 Å². The molecule has 1 aliphatic heterocycles. The molecule has 0 unspecified atom stereocenters. The fourth-order valence-corrected chi connectivity index (χ4v) is 3.05. The van der Waals surface area contributed by atoms with E-state index >= 15 is 0 Å². The number of fused-ring (bicyclic) bond motifs is 1. The average Bonchev–Trinajstić information content (AvgIpc) is 2.64. The van der Waals surface area contributed by atoms with Crippen LogP contribution in [0.3, 0.4) is 0 Å². The van der Waals surface area contributed by atoms with Crippen LogP contribution in [0.4, 0.5) is 0 Å². The first kappa shape index (κ1) is 13.7. The number of aryl methyl sites for hydroxylation is 1. The van der Waals surface area contributed by atoms with Gasteiger partial charge in [0.25, 0.3) is 5.56 Å². The normalized spacial score (nSPS) is 14.7. The molecule has 0 saturated carbocycles. The highest BCUT2D eigenvalue weighted by atomic mass is 35.5. The molecule has 0 amide bonds. The molecule has 0 bridgehead atoms. The van der Waals surface area contributed by atoms with Gasteiger partial charge in [0.05, 0.1) is 10.7 Å². The number of aromatic nitrogens is 2. The Morgan fingerprint density at radius 3 is 2.75 bits per heavy atom. The monoisotopic (exact) mass is 308 g/mol. The van der Waals surface area contributed by atoms with E-state index in [2.05, 4.69) is 4.98 Å². The predicted octanol–water partition coefficient (Wildman–Crippen LogP) is 3.94. The summed E-state index contributed by atoms with van der Waals surface area (Å²) in [6.07, 6.45) is 4.09. The summed E-state index contributed by atoms with van der Waals surface area (Å²) >= 11 is 12.1. The topological polar surface area (TPSA) is 34.9 Å². The van der Waals surface area contributed by atoms with Crippen molar-refractivity contribution in [1.29, 1.82) is 0 Å². The SMILES string of the molecule is O=c1cc(-c2ccc(Cl)cc2Cl)nc2n1CCCCC2. The molecule has 2 heterocycles. The van der Waals surface area contributed by atoms with Crippen LogP contribution in [-0.4, -0.2) is 9.55 Å². The van der Waals surface area contributed by atoms with E-state index in [0.29, 0.717) is 15.7 Å². The molecule has 3 rings (SSSR count). The number of benzene rings is 1. The van der Waals surface area contributed by atoms with Crippen molar-refractivity contribution < 1.29 is 0 Å². The third-order valence-electron chi connectivity index (χ3n) is 3.58. The van der Waals surface area contributed by atoms with Crippen LogP contribution < -0.4 is 5.56 Å². The molecule has 0 spiro atoms. The molecule has 0 aliphatic carbocycles. The Labute approximate surface area is 127 Å². The maximum atomic E-state index is 12.2. The van der Waals surface area contributed by atoms with Gasteiger partial charge in [-0.2, -0.15) is 0 Å². The largest absolute Gasteiger partial charge is 0.297 e. The Morgan fingerprint density at radius 1 is 1.10 bits per heavy atom. The highest BCUT2D eigenvalue weighted by Crippen LogP contribution is 2.29. The summed E-state index contributed by atoms with van der Waals surface area (Å²) in [6, 6.07) is 6.79. The molecule has 0 radical (unpaired) electrons. The smallest absolute Gasteiger partial charge is 0.254 e. The second-order valence-corrected chi connectivity index (χ2v) is 5.83. The summed E-state index contributed by atoms with van der Waals surface area (Å²) in [5.74, 6) is 0.857. The first-order valence-electron chi connectivity index (χ1n) is 6.71. The Hall–Kier alpha value is -1.32. The minimum atomic E-state index is -0.00193. The molecule has 20 heavy (non-hydrogen) atoms. The van der Waals surface area contributed by atoms with E-state index in [1.165, 1.54) is 0 Å². The molecule has 1 aliphatic rings. The molecule has 1 aromatic heterocycles. The van der Waals surface area contributed by atoms with E-state index in [4.69, 9.17) is 23.2 Å². The van der Waals surface area contributed by atoms with E-state index in [0.717, 1.165) is 43.6 Å². The van der Waals surface area contributed by atoms with Gasteiger partial charge in [-0.05, 0) is 31.0 Å². The second-order valence-electron chi connectivity index (χ2n) is 4.98. The lowest BCUT2D eigenvalue weighted by Crippen LogP contribution is -2.23. The number of rotatable bonds is 1. The van der Waals surface area contributed by atoms with E-state index in [1.807, 2.05) is 0 Å². The van der Waals surface area contributed by atoms with Crippen molar-refractivity contribution >= 4 is 23.2 Å². The summed E-state index contributed by atoms with van der Waals surface area (Å²) in [7, 11) is 0. The van der Waals surface area contributed by atoms with Crippen molar-refractivity contribution in [2.24, 2.45) is 0 Å². The number of halogens is 2. The van der Waals surface area contributed by atoms with Gasteiger partial charge in [0, 0.05) is 29.6 Å². The molecule has 1 aromatic carbocycles. The molecular weight excluding hydrogens is 295 g/mol. The second kappa shape index (κ2) is 5.58. The standard InChI is InChI=1S/C15H14Cl2N2O/c16-10-5-6-11(12(17)8-10)13-9-15(20)19-7-3-1-2-4-14(19)18-13/h5-6,8-9H,1-4,7H2. The first-order chi connectivity index (χ1) is 9.65. The Morgan fingerprint density at radius 2 is 1.95 bits per heavy atom. The Kier molecular flexibility index (Phi) is 3.81. The molecule has 0 N–H and O–H groups in total. The molecular formula is C15H14Cl2N2O. The summed E-state index contributed by atoms with van der Waals surface area (Å²) < 4.78 is 1.78. The van der Waals surface area contributed by atoms with E-state index in [9.17, 15) is 4.79 Å². The average molecular weight is 309 g/mol.